The van der Waals surface area contributed by atoms with Gasteiger partial charge in [-0.05, 0) is 40.9 Å². The first kappa shape index (κ1) is 12.5. The van der Waals surface area contributed by atoms with E-state index in [1.165, 1.54) is 5.56 Å². The van der Waals surface area contributed by atoms with Crippen molar-refractivity contribution in [2.75, 3.05) is 0 Å². The van der Waals surface area contributed by atoms with Gasteiger partial charge in [0.2, 0.25) is 0 Å². The number of nitrogens with zero attached hydrogens (tertiary/aromatic N) is 1. The third kappa shape index (κ3) is 2.44. The van der Waals surface area contributed by atoms with Crippen LogP contribution in [0, 0.1) is 0 Å². The molecule has 2 nitrogen and oxygen atoms in total. The zero-order valence-corrected chi connectivity index (χ0v) is 11.7. The SMILES string of the molecule is O=Cc1cn(CCc2ccsc2)c2cc(Cl)ccc12. The van der Waals surface area contributed by atoms with Gasteiger partial charge in [-0.3, -0.25) is 4.79 Å². The molecule has 0 aliphatic carbocycles. The van der Waals surface area contributed by atoms with E-state index in [4.69, 9.17) is 11.6 Å². The summed E-state index contributed by atoms with van der Waals surface area (Å²) in [4.78, 5) is 11.1. The summed E-state index contributed by atoms with van der Waals surface area (Å²) in [6.07, 6.45) is 3.76. The first-order chi connectivity index (χ1) is 9.28. The maximum atomic E-state index is 11.1. The zero-order chi connectivity index (χ0) is 13.2. The van der Waals surface area contributed by atoms with E-state index >= 15 is 0 Å². The standard InChI is InChI=1S/C15H12ClNOS/c16-13-1-2-14-12(9-18)8-17(15(14)7-13)5-3-11-4-6-19-10-11/h1-2,4,6-10H,3,5H2. The van der Waals surface area contributed by atoms with Gasteiger partial charge >= 0.3 is 0 Å². The topological polar surface area (TPSA) is 22.0 Å². The lowest BCUT2D eigenvalue weighted by atomic mass is 10.2. The highest BCUT2D eigenvalue weighted by Gasteiger charge is 2.08. The Labute approximate surface area is 120 Å². The van der Waals surface area contributed by atoms with Crippen LogP contribution >= 0.6 is 22.9 Å². The van der Waals surface area contributed by atoms with Gasteiger partial charge in [-0.1, -0.05) is 17.7 Å². The summed E-state index contributed by atoms with van der Waals surface area (Å²) in [7, 11) is 0. The Morgan fingerprint density at radius 1 is 1.32 bits per heavy atom. The minimum absolute atomic E-state index is 0.694. The third-order valence-corrected chi connectivity index (χ3v) is 4.19. The summed E-state index contributed by atoms with van der Waals surface area (Å²) in [6.45, 7) is 0.849. The van der Waals surface area contributed by atoms with Crippen molar-refractivity contribution in [3.63, 3.8) is 0 Å². The first-order valence-electron chi connectivity index (χ1n) is 6.02. The Kier molecular flexibility index (Phi) is 3.40. The number of hydrogen-bond donors (Lipinski definition) is 0. The summed E-state index contributed by atoms with van der Waals surface area (Å²) in [5.74, 6) is 0. The molecule has 2 heterocycles. The molecule has 0 bridgehead atoms. The molecule has 19 heavy (non-hydrogen) atoms. The molecule has 96 valence electrons. The molecule has 1 aromatic carbocycles. The Morgan fingerprint density at radius 2 is 2.21 bits per heavy atom. The summed E-state index contributed by atoms with van der Waals surface area (Å²) < 4.78 is 2.10. The molecule has 2 aromatic heterocycles. The number of thiophene rings is 1. The molecule has 4 heteroatoms. The van der Waals surface area contributed by atoms with E-state index in [9.17, 15) is 4.79 Å². The summed E-state index contributed by atoms with van der Waals surface area (Å²) in [5, 5.41) is 5.89. The fraction of sp³-hybridized carbons (Fsp3) is 0.133. The molecule has 0 saturated heterocycles. The molecule has 0 N–H and O–H groups in total. The Morgan fingerprint density at radius 3 is 2.95 bits per heavy atom. The lowest BCUT2D eigenvalue weighted by Crippen LogP contribution is -1.98. The second kappa shape index (κ2) is 5.19. The molecule has 3 aromatic rings. The minimum atomic E-state index is 0.694. The largest absolute Gasteiger partial charge is 0.346 e. The van der Waals surface area contributed by atoms with Gasteiger partial charge in [0, 0.05) is 28.7 Å². The van der Waals surface area contributed by atoms with Crippen LogP contribution in [-0.4, -0.2) is 10.9 Å². The van der Waals surface area contributed by atoms with Crippen LogP contribution in [0.5, 0.6) is 0 Å². The van der Waals surface area contributed by atoms with Crippen molar-refractivity contribution < 1.29 is 4.79 Å². The highest BCUT2D eigenvalue weighted by atomic mass is 35.5. The summed E-state index contributed by atoms with van der Waals surface area (Å²) in [5.41, 5.74) is 3.06. The van der Waals surface area contributed by atoms with Gasteiger partial charge in [0.15, 0.2) is 6.29 Å². The Balaban J connectivity index is 1.98. The van der Waals surface area contributed by atoms with Gasteiger partial charge in [-0.15, -0.1) is 0 Å². The number of benzene rings is 1. The van der Waals surface area contributed by atoms with E-state index in [0.717, 1.165) is 35.7 Å². The molecule has 0 aliphatic rings. The predicted octanol–water partition coefficient (Wildman–Crippen LogP) is 4.41. The summed E-state index contributed by atoms with van der Waals surface area (Å²) in [6, 6.07) is 7.77. The summed E-state index contributed by atoms with van der Waals surface area (Å²) >= 11 is 7.75. The van der Waals surface area contributed by atoms with E-state index in [2.05, 4.69) is 21.4 Å². The van der Waals surface area contributed by atoms with Crippen molar-refractivity contribution in [1.82, 2.24) is 4.57 Å². The van der Waals surface area contributed by atoms with E-state index in [0.29, 0.717) is 5.02 Å². The van der Waals surface area contributed by atoms with Gasteiger partial charge in [-0.25, -0.2) is 0 Å². The molecular formula is C15H12ClNOS. The average Bonchev–Trinajstić information content (AvgIpc) is 3.03. The van der Waals surface area contributed by atoms with Gasteiger partial charge in [0.05, 0.1) is 5.52 Å². The van der Waals surface area contributed by atoms with Crippen molar-refractivity contribution in [3.8, 4) is 0 Å². The number of rotatable bonds is 4. The van der Waals surface area contributed by atoms with Crippen molar-refractivity contribution in [2.45, 2.75) is 13.0 Å². The van der Waals surface area contributed by atoms with Gasteiger partial charge < -0.3 is 4.57 Å². The second-order valence-corrected chi connectivity index (χ2v) is 5.66. The van der Waals surface area contributed by atoms with Gasteiger partial charge in [-0.2, -0.15) is 11.3 Å². The molecule has 0 spiro atoms. The Hall–Kier alpha value is -1.58. The number of carbonyl (C=O) groups excluding carboxylic acids is 1. The lowest BCUT2D eigenvalue weighted by molar-refractivity contribution is 0.112. The van der Waals surface area contributed by atoms with E-state index < -0.39 is 0 Å². The lowest BCUT2D eigenvalue weighted by Gasteiger charge is -2.04. The molecule has 3 rings (SSSR count). The molecular weight excluding hydrogens is 278 g/mol. The molecule has 0 aliphatic heterocycles. The second-order valence-electron chi connectivity index (χ2n) is 4.44. The molecule has 0 atom stereocenters. The smallest absolute Gasteiger partial charge is 0.152 e. The normalized spacial score (nSPS) is 11.0. The van der Waals surface area contributed by atoms with Crippen LogP contribution < -0.4 is 0 Å². The molecule has 0 amide bonds. The van der Waals surface area contributed by atoms with Crippen LogP contribution in [0.1, 0.15) is 15.9 Å². The average molecular weight is 290 g/mol. The third-order valence-electron chi connectivity index (χ3n) is 3.22. The number of aromatic nitrogens is 1. The maximum Gasteiger partial charge on any atom is 0.152 e. The zero-order valence-electron chi connectivity index (χ0n) is 10.2. The van der Waals surface area contributed by atoms with Gasteiger partial charge in [0.25, 0.3) is 0 Å². The van der Waals surface area contributed by atoms with Crippen molar-refractivity contribution in [1.29, 1.82) is 0 Å². The monoisotopic (exact) mass is 289 g/mol. The number of aryl methyl sites for hydroxylation is 2. The van der Waals surface area contributed by atoms with Crippen molar-refractivity contribution in [3.05, 3.63) is 57.4 Å². The number of fused-ring (bicyclic) bond motifs is 1. The van der Waals surface area contributed by atoms with E-state index in [1.807, 2.05) is 24.4 Å². The fourth-order valence-corrected chi connectivity index (χ4v) is 3.13. The fourth-order valence-electron chi connectivity index (χ4n) is 2.26. The number of halogens is 1. The molecule has 0 fully saturated rings. The highest BCUT2D eigenvalue weighted by Crippen LogP contribution is 2.24. The van der Waals surface area contributed by atoms with Crippen molar-refractivity contribution >= 4 is 40.1 Å². The van der Waals surface area contributed by atoms with Crippen LogP contribution in [0.2, 0.25) is 5.02 Å². The Bertz CT molecular complexity index is 715. The quantitative estimate of drug-likeness (QED) is 0.652. The van der Waals surface area contributed by atoms with Gasteiger partial charge in [0.1, 0.15) is 0 Å². The van der Waals surface area contributed by atoms with Crippen molar-refractivity contribution in [2.24, 2.45) is 0 Å². The minimum Gasteiger partial charge on any atom is -0.346 e. The molecule has 0 unspecified atom stereocenters. The van der Waals surface area contributed by atoms with E-state index in [-0.39, 0.29) is 0 Å². The molecule has 0 radical (unpaired) electrons. The number of aldehydes is 1. The van der Waals surface area contributed by atoms with Crippen LogP contribution in [0.4, 0.5) is 0 Å². The first-order valence-corrected chi connectivity index (χ1v) is 7.34. The highest BCUT2D eigenvalue weighted by molar-refractivity contribution is 7.07. The van der Waals surface area contributed by atoms with E-state index in [1.54, 1.807) is 11.3 Å². The predicted molar refractivity (Wildman–Crippen MR) is 80.4 cm³/mol. The van der Waals surface area contributed by atoms with Crippen LogP contribution in [0.25, 0.3) is 10.9 Å². The van der Waals surface area contributed by atoms with Crippen LogP contribution in [0.3, 0.4) is 0 Å². The van der Waals surface area contributed by atoms with Crippen LogP contribution in [0.15, 0.2) is 41.2 Å². The maximum absolute atomic E-state index is 11.1. The van der Waals surface area contributed by atoms with Crippen LogP contribution in [-0.2, 0) is 13.0 Å². The number of hydrogen-bond acceptors (Lipinski definition) is 2. The number of carbonyl (C=O) groups is 1. The molecule has 0 saturated carbocycles.